The third-order valence-corrected chi connectivity index (χ3v) is 1.22. The number of nitrogens with zero attached hydrogens (tertiary/aromatic N) is 2. The molecule has 1 atom stereocenters. The lowest BCUT2D eigenvalue weighted by Gasteiger charge is -1.91. The van der Waals surface area contributed by atoms with Crippen LogP contribution in [-0.2, 0) is 0 Å². The van der Waals surface area contributed by atoms with Gasteiger partial charge in [0.25, 0.3) is 0 Å². The highest BCUT2D eigenvalue weighted by atomic mass is 16.6. The van der Waals surface area contributed by atoms with Crippen molar-refractivity contribution in [3.05, 3.63) is 4.91 Å². The van der Waals surface area contributed by atoms with Crippen LogP contribution >= 0.6 is 0 Å². The van der Waals surface area contributed by atoms with Crippen molar-refractivity contribution in [3.63, 3.8) is 0 Å². The highest BCUT2D eigenvalue weighted by Crippen LogP contribution is 2.01. The molecule has 0 aromatic rings. The summed E-state index contributed by atoms with van der Waals surface area (Å²) in [4.78, 5) is 8.11. The minimum absolute atomic E-state index is 0.153. The molecule has 1 aliphatic rings. The predicted octanol–water partition coefficient (Wildman–Crippen LogP) is 0.404. The Balaban J connectivity index is 0.000000236. The van der Waals surface area contributed by atoms with Crippen LogP contribution in [0, 0.1) is 16.2 Å². The summed E-state index contributed by atoms with van der Waals surface area (Å²) in [5, 5.41) is 19.2. The molecular weight excluding hydrogens is 134 g/mol. The maximum Gasteiger partial charge on any atom is 0.152 e. The van der Waals surface area contributed by atoms with Gasteiger partial charge in [0.05, 0.1) is 12.1 Å². The van der Waals surface area contributed by atoms with Gasteiger partial charge in [-0.2, -0.15) is 5.26 Å². The first kappa shape index (κ1) is 8.85. The standard InChI is InChI=1S/C5H8N2.HNO2/c6-4-5-2-1-3-7-5;2-1-3/h5,7H,1-3H2;(H,2,3). The van der Waals surface area contributed by atoms with Crippen molar-refractivity contribution in [3.8, 4) is 6.07 Å². The molecule has 0 bridgehead atoms. The molecule has 1 heterocycles. The van der Waals surface area contributed by atoms with Crippen molar-refractivity contribution in [1.82, 2.24) is 5.32 Å². The van der Waals surface area contributed by atoms with E-state index in [1.807, 2.05) is 0 Å². The zero-order valence-corrected chi connectivity index (χ0v) is 5.45. The van der Waals surface area contributed by atoms with Crippen molar-refractivity contribution in [1.29, 1.82) is 5.26 Å². The second-order valence-electron chi connectivity index (χ2n) is 1.86. The minimum Gasteiger partial charge on any atom is -0.379 e. The molecule has 0 aliphatic carbocycles. The maximum atomic E-state index is 8.25. The largest absolute Gasteiger partial charge is 0.379 e. The summed E-state index contributed by atoms with van der Waals surface area (Å²) in [7, 11) is 0. The van der Waals surface area contributed by atoms with Crippen molar-refractivity contribution < 1.29 is 5.21 Å². The van der Waals surface area contributed by atoms with E-state index in [-0.39, 0.29) is 6.04 Å². The molecule has 1 rings (SSSR count). The summed E-state index contributed by atoms with van der Waals surface area (Å²) < 4.78 is 0. The molecule has 0 spiro atoms. The van der Waals surface area contributed by atoms with E-state index >= 15 is 0 Å². The van der Waals surface area contributed by atoms with Gasteiger partial charge in [0.1, 0.15) is 0 Å². The van der Waals surface area contributed by atoms with E-state index in [0.717, 1.165) is 19.4 Å². The summed E-state index contributed by atoms with van der Waals surface area (Å²) in [6, 6.07) is 2.31. The lowest BCUT2D eigenvalue weighted by molar-refractivity contribution is 0.312. The third-order valence-electron chi connectivity index (χ3n) is 1.22. The number of hydrogen-bond donors (Lipinski definition) is 2. The van der Waals surface area contributed by atoms with E-state index in [1.54, 1.807) is 0 Å². The Morgan fingerprint density at radius 1 is 1.80 bits per heavy atom. The average molecular weight is 143 g/mol. The Morgan fingerprint density at radius 2 is 2.40 bits per heavy atom. The fourth-order valence-electron chi connectivity index (χ4n) is 0.795. The quantitative estimate of drug-likeness (QED) is 0.379. The van der Waals surface area contributed by atoms with Gasteiger partial charge in [-0.05, 0) is 19.4 Å². The molecule has 1 saturated heterocycles. The first-order valence-electron chi connectivity index (χ1n) is 2.95. The lowest BCUT2D eigenvalue weighted by atomic mass is 10.2. The molecule has 56 valence electrons. The molecule has 0 aromatic carbocycles. The van der Waals surface area contributed by atoms with Gasteiger partial charge in [0.2, 0.25) is 0 Å². The van der Waals surface area contributed by atoms with Crippen molar-refractivity contribution in [2.75, 3.05) is 6.54 Å². The summed E-state index contributed by atoms with van der Waals surface area (Å²) >= 11 is 0. The predicted molar refractivity (Wildman–Crippen MR) is 34.2 cm³/mol. The van der Waals surface area contributed by atoms with Gasteiger partial charge in [-0.1, -0.05) is 0 Å². The van der Waals surface area contributed by atoms with E-state index in [1.165, 1.54) is 5.34 Å². The van der Waals surface area contributed by atoms with Crippen molar-refractivity contribution >= 4 is 0 Å². The molecule has 1 unspecified atom stereocenters. The van der Waals surface area contributed by atoms with Crippen LogP contribution in [0.3, 0.4) is 0 Å². The van der Waals surface area contributed by atoms with Crippen LogP contribution in [-0.4, -0.2) is 17.8 Å². The Labute approximate surface area is 58.6 Å². The zero-order chi connectivity index (χ0) is 7.82. The van der Waals surface area contributed by atoms with Crippen LogP contribution in [0.1, 0.15) is 12.8 Å². The minimum atomic E-state index is 0.153. The fraction of sp³-hybridized carbons (Fsp3) is 0.800. The average Bonchev–Trinajstić information content (AvgIpc) is 2.39. The third kappa shape index (κ3) is 3.80. The number of hydrogen-bond acceptors (Lipinski definition) is 4. The summed E-state index contributed by atoms with van der Waals surface area (Å²) in [6.45, 7) is 1.03. The SMILES string of the molecule is N#CC1CCCN1.O=NO. The molecule has 0 radical (unpaired) electrons. The van der Waals surface area contributed by atoms with E-state index < -0.39 is 0 Å². The number of nitrogens with one attached hydrogen (secondary N) is 1. The van der Waals surface area contributed by atoms with Gasteiger partial charge < -0.3 is 10.5 Å². The van der Waals surface area contributed by atoms with Gasteiger partial charge in [-0.15, -0.1) is 4.91 Å². The highest BCUT2D eigenvalue weighted by molar-refractivity contribution is 4.92. The Hall–Kier alpha value is -1.15. The Morgan fingerprint density at radius 3 is 2.60 bits per heavy atom. The normalized spacial score (nSPS) is 22.1. The molecule has 0 saturated carbocycles. The van der Waals surface area contributed by atoms with Crippen LogP contribution in [0.2, 0.25) is 0 Å². The first-order chi connectivity index (χ1) is 4.85. The smallest absolute Gasteiger partial charge is 0.152 e. The molecule has 5 nitrogen and oxygen atoms in total. The van der Waals surface area contributed by atoms with Gasteiger partial charge in [0, 0.05) is 0 Å². The monoisotopic (exact) mass is 143 g/mol. The van der Waals surface area contributed by atoms with Gasteiger partial charge in [-0.3, -0.25) is 0 Å². The molecule has 10 heavy (non-hydrogen) atoms. The molecule has 2 N–H and O–H groups in total. The first-order valence-corrected chi connectivity index (χ1v) is 2.95. The molecular formula is C5H9N3O2. The van der Waals surface area contributed by atoms with Gasteiger partial charge in [0.15, 0.2) is 5.34 Å². The van der Waals surface area contributed by atoms with E-state index in [0.29, 0.717) is 0 Å². The van der Waals surface area contributed by atoms with Crippen molar-refractivity contribution in [2.45, 2.75) is 18.9 Å². The molecule has 0 amide bonds. The van der Waals surface area contributed by atoms with Crippen LogP contribution in [0.5, 0.6) is 0 Å². The van der Waals surface area contributed by atoms with Gasteiger partial charge >= 0.3 is 0 Å². The molecule has 1 aliphatic heterocycles. The molecule has 5 heteroatoms. The zero-order valence-electron chi connectivity index (χ0n) is 5.45. The number of rotatable bonds is 0. The maximum absolute atomic E-state index is 8.25. The van der Waals surface area contributed by atoms with Crippen LogP contribution < -0.4 is 5.32 Å². The highest BCUT2D eigenvalue weighted by Gasteiger charge is 2.10. The topological polar surface area (TPSA) is 85.5 Å². The Kier molecular flexibility index (Phi) is 5.29. The summed E-state index contributed by atoms with van der Waals surface area (Å²) in [5.41, 5.74) is 0. The molecule has 0 aromatic heterocycles. The van der Waals surface area contributed by atoms with Crippen LogP contribution in [0.25, 0.3) is 0 Å². The lowest BCUT2D eigenvalue weighted by Crippen LogP contribution is -2.18. The second-order valence-corrected chi connectivity index (χ2v) is 1.86. The van der Waals surface area contributed by atoms with Crippen LogP contribution in [0.15, 0.2) is 5.34 Å². The van der Waals surface area contributed by atoms with E-state index in [4.69, 9.17) is 15.4 Å². The van der Waals surface area contributed by atoms with E-state index in [2.05, 4.69) is 11.4 Å². The second kappa shape index (κ2) is 5.98. The van der Waals surface area contributed by atoms with Crippen LogP contribution in [0.4, 0.5) is 0 Å². The van der Waals surface area contributed by atoms with Gasteiger partial charge in [-0.25, -0.2) is 0 Å². The number of nitriles is 1. The Bertz CT molecular complexity index is 125. The fourth-order valence-corrected chi connectivity index (χ4v) is 0.795. The molecule has 1 fully saturated rings. The summed E-state index contributed by atoms with van der Waals surface area (Å²) in [6.07, 6.45) is 2.20. The van der Waals surface area contributed by atoms with Crippen molar-refractivity contribution in [2.24, 2.45) is 5.34 Å². The summed E-state index contributed by atoms with van der Waals surface area (Å²) in [5.74, 6) is 0. The van der Waals surface area contributed by atoms with E-state index in [9.17, 15) is 0 Å².